The molecule has 0 bridgehead atoms. The molecular weight excluding hydrogens is 430 g/mol. The highest BCUT2D eigenvalue weighted by Gasteiger charge is 2.40. The Bertz CT molecular complexity index is 1160. The Balaban J connectivity index is 1.56. The number of para-hydroxylation sites is 1. The van der Waals surface area contributed by atoms with E-state index < -0.39 is 0 Å². The summed E-state index contributed by atoms with van der Waals surface area (Å²) < 4.78 is 5.75. The first kappa shape index (κ1) is 23.0. The summed E-state index contributed by atoms with van der Waals surface area (Å²) in [5.41, 5.74) is 17.9. The number of hydrogen-bond acceptors (Lipinski definition) is 6. The normalized spacial score (nSPS) is 17.6. The topological polar surface area (TPSA) is 98.5 Å². The molecule has 0 spiro atoms. The molecule has 0 radical (unpaired) electrons. The van der Waals surface area contributed by atoms with Gasteiger partial charge in [0.1, 0.15) is 5.84 Å². The van der Waals surface area contributed by atoms with Gasteiger partial charge in [0.05, 0.1) is 6.61 Å². The fourth-order valence-electron chi connectivity index (χ4n) is 4.19. The Morgan fingerprint density at radius 2 is 2.00 bits per heavy atom. The molecule has 3 aromatic rings. The summed E-state index contributed by atoms with van der Waals surface area (Å²) in [6.45, 7) is 4.57. The van der Waals surface area contributed by atoms with Crippen LogP contribution in [0, 0.1) is 0 Å². The minimum atomic E-state index is 0.330. The Morgan fingerprint density at radius 1 is 1.18 bits per heavy atom. The summed E-state index contributed by atoms with van der Waals surface area (Å²) in [4.78, 5) is 10.1. The molecular formula is C26H31N5OS. The predicted molar refractivity (Wildman–Crippen MR) is 139 cm³/mol. The second kappa shape index (κ2) is 10.2. The summed E-state index contributed by atoms with van der Waals surface area (Å²) in [5.74, 6) is 3.34. The summed E-state index contributed by atoms with van der Waals surface area (Å²) in [7, 11) is 1.97. The maximum absolute atomic E-state index is 6.41. The van der Waals surface area contributed by atoms with E-state index in [1.54, 1.807) is 18.0 Å². The maximum atomic E-state index is 6.41. The van der Waals surface area contributed by atoms with Crippen LogP contribution < -0.4 is 21.5 Å². The number of nitrogen functional groups attached to an aromatic ring is 1. The molecule has 0 amide bonds. The predicted octanol–water partition coefficient (Wildman–Crippen LogP) is 5.52. The van der Waals surface area contributed by atoms with Crippen LogP contribution in [-0.4, -0.2) is 30.2 Å². The number of rotatable bonds is 9. The lowest BCUT2D eigenvalue weighted by atomic mass is 10.0. The summed E-state index contributed by atoms with van der Waals surface area (Å²) >= 11 is 1.71. The van der Waals surface area contributed by atoms with E-state index >= 15 is 0 Å². The molecule has 6 nitrogen and oxygen atoms in total. The van der Waals surface area contributed by atoms with Gasteiger partial charge in [0.2, 0.25) is 0 Å². The SMILES string of the molecule is CCOc1cc(SCC)cnc1/N=C(\N)c1ccc(C2CC2c2ccccc2NC)cc1N. The number of ether oxygens (including phenoxy) is 1. The van der Waals surface area contributed by atoms with Crippen molar-refractivity contribution in [3.05, 3.63) is 71.4 Å². The minimum absolute atomic E-state index is 0.330. The number of nitrogens with one attached hydrogen (secondary N) is 1. The van der Waals surface area contributed by atoms with Gasteiger partial charge in [-0.1, -0.05) is 31.2 Å². The lowest BCUT2D eigenvalue weighted by Crippen LogP contribution is -2.15. The molecule has 33 heavy (non-hydrogen) atoms. The quantitative estimate of drug-likeness (QED) is 0.168. The van der Waals surface area contributed by atoms with E-state index in [2.05, 4.69) is 52.5 Å². The van der Waals surface area contributed by atoms with Crippen molar-refractivity contribution in [2.75, 3.05) is 30.5 Å². The van der Waals surface area contributed by atoms with E-state index in [4.69, 9.17) is 16.2 Å². The van der Waals surface area contributed by atoms with Crippen molar-refractivity contribution in [3.63, 3.8) is 0 Å². The van der Waals surface area contributed by atoms with Gasteiger partial charge >= 0.3 is 0 Å². The smallest absolute Gasteiger partial charge is 0.197 e. The number of aromatic nitrogens is 1. The third-order valence-corrected chi connectivity index (χ3v) is 6.69. The molecule has 5 N–H and O–H groups in total. The number of thioether (sulfide) groups is 1. The molecule has 0 saturated heterocycles. The van der Waals surface area contributed by atoms with E-state index in [1.807, 2.05) is 32.2 Å². The fourth-order valence-corrected chi connectivity index (χ4v) is 4.84. The molecule has 1 aliphatic rings. The van der Waals surface area contributed by atoms with Crippen molar-refractivity contribution >= 4 is 34.8 Å². The molecule has 1 fully saturated rings. The first-order chi connectivity index (χ1) is 16.0. The number of benzene rings is 2. The van der Waals surface area contributed by atoms with E-state index in [-0.39, 0.29) is 0 Å². The second-order valence-corrected chi connectivity index (χ2v) is 9.33. The number of anilines is 2. The van der Waals surface area contributed by atoms with Crippen LogP contribution in [0.4, 0.5) is 17.2 Å². The number of nitrogens with zero attached hydrogens (tertiary/aromatic N) is 2. The van der Waals surface area contributed by atoms with Gasteiger partial charge < -0.3 is 21.5 Å². The van der Waals surface area contributed by atoms with Crippen molar-refractivity contribution in [3.8, 4) is 5.75 Å². The van der Waals surface area contributed by atoms with Crippen LogP contribution in [0.5, 0.6) is 5.75 Å². The van der Waals surface area contributed by atoms with Crippen LogP contribution in [0.2, 0.25) is 0 Å². The third kappa shape index (κ3) is 5.09. The first-order valence-corrected chi connectivity index (χ1v) is 12.3. The summed E-state index contributed by atoms with van der Waals surface area (Å²) in [5, 5.41) is 3.30. The van der Waals surface area contributed by atoms with Gasteiger partial charge in [0, 0.05) is 35.1 Å². The summed E-state index contributed by atoms with van der Waals surface area (Å²) in [6, 6.07) is 16.5. The van der Waals surface area contributed by atoms with Crippen LogP contribution in [0.1, 0.15) is 48.8 Å². The number of pyridine rings is 1. The van der Waals surface area contributed by atoms with E-state index in [0.29, 0.717) is 47.1 Å². The van der Waals surface area contributed by atoms with E-state index in [0.717, 1.165) is 17.1 Å². The zero-order valence-corrected chi connectivity index (χ0v) is 20.2. The van der Waals surface area contributed by atoms with Crippen LogP contribution in [0.15, 0.2) is 64.6 Å². The largest absolute Gasteiger partial charge is 0.490 e. The lowest BCUT2D eigenvalue weighted by Gasteiger charge is -2.11. The minimum Gasteiger partial charge on any atom is -0.490 e. The van der Waals surface area contributed by atoms with Gasteiger partial charge in [-0.05, 0) is 66.3 Å². The van der Waals surface area contributed by atoms with Crippen molar-refractivity contribution in [2.45, 2.75) is 37.0 Å². The van der Waals surface area contributed by atoms with Gasteiger partial charge in [-0.25, -0.2) is 9.98 Å². The number of aliphatic imine (C=N–C) groups is 1. The highest BCUT2D eigenvalue weighted by molar-refractivity contribution is 7.99. The van der Waals surface area contributed by atoms with Crippen molar-refractivity contribution in [1.29, 1.82) is 0 Å². The molecule has 4 rings (SSSR count). The van der Waals surface area contributed by atoms with Gasteiger partial charge in [-0.3, -0.25) is 0 Å². The van der Waals surface area contributed by atoms with Crippen LogP contribution in [0.25, 0.3) is 0 Å². The molecule has 0 aliphatic heterocycles. The van der Waals surface area contributed by atoms with Crippen molar-refractivity contribution < 1.29 is 4.74 Å². The molecule has 2 atom stereocenters. The number of nitrogens with two attached hydrogens (primary N) is 2. The standard InChI is InChI=1S/C26H31N5OS/c1-4-32-24-13-17(33-5-2)15-30-26(24)31-25(28)19-11-10-16(12-22(19)27)20-14-21(20)18-8-6-7-9-23(18)29-3/h6-13,15,20-21,29H,4-5,14,27H2,1-3H3,(H2,28,30,31). The lowest BCUT2D eigenvalue weighted by molar-refractivity contribution is 0.339. The monoisotopic (exact) mass is 461 g/mol. The van der Waals surface area contributed by atoms with Crippen molar-refractivity contribution in [1.82, 2.24) is 4.98 Å². The van der Waals surface area contributed by atoms with E-state index in [1.165, 1.54) is 16.8 Å². The molecule has 172 valence electrons. The molecule has 7 heteroatoms. The first-order valence-electron chi connectivity index (χ1n) is 11.3. The fraction of sp³-hybridized carbons (Fsp3) is 0.308. The highest BCUT2D eigenvalue weighted by atomic mass is 32.2. The Morgan fingerprint density at radius 3 is 2.73 bits per heavy atom. The number of amidine groups is 1. The van der Waals surface area contributed by atoms with Crippen LogP contribution in [-0.2, 0) is 0 Å². The molecule has 1 heterocycles. The molecule has 1 saturated carbocycles. The van der Waals surface area contributed by atoms with E-state index in [9.17, 15) is 0 Å². The molecule has 2 unspecified atom stereocenters. The van der Waals surface area contributed by atoms with Gasteiger partial charge in [0.25, 0.3) is 0 Å². The van der Waals surface area contributed by atoms with Gasteiger partial charge in [0.15, 0.2) is 11.6 Å². The van der Waals surface area contributed by atoms with Crippen LogP contribution in [0.3, 0.4) is 0 Å². The van der Waals surface area contributed by atoms with Crippen molar-refractivity contribution in [2.24, 2.45) is 10.7 Å². The molecule has 1 aliphatic carbocycles. The average Bonchev–Trinajstić information content (AvgIpc) is 3.62. The second-order valence-electron chi connectivity index (χ2n) is 7.99. The summed E-state index contributed by atoms with van der Waals surface area (Å²) in [6.07, 6.45) is 2.91. The molecule has 1 aromatic heterocycles. The zero-order valence-electron chi connectivity index (χ0n) is 19.3. The van der Waals surface area contributed by atoms with Crippen LogP contribution >= 0.6 is 11.8 Å². The Labute approximate surface area is 199 Å². The van der Waals surface area contributed by atoms with Gasteiger partial charge in [-0.15, -0.1) is 11.8 Å². The third-order valence-electron chi connectivity index (χ3n) is 5.84. The number of hydrogen-bond donors (Lipinski definition) is 3. The Kier molecular flexibility index (Phi) is 7.08. The Hall–Kier alpha value is -3.19. The zero-order chi connectivity index (χ0) is 23.4. The van der Waals surface area contributed by atoms with Gasteiger partial charge in [-0.2, -0.15) is 0 Å². The molecule has 2 aromatic carbocycles. The highest BCUT2D eigenvalue weighted by Crippen LogP contribution is 2.56. The average molecular weight is 462 g/mol. The maximum Gasteiger partial charge on any atom is 0.197 e.